The third-order valence-electron chi connectivity index (χ3n) is 2.35. The van der Waals surface area contributed by atoms with Gasteiger partial charge in [-0.1, -0.05) is 6.07 Å². The lowest BCUT2D eigenvalue weighted by molar-refractivity contribution is 0.629. The number of nitrogens with one attached hydrogen (secondary N) is 1. The Balaban J connectivity index is 2.33. The van der Waals surface area contributed by atoms with Crippen molar-refractivity contribution in [1.82, 2.24) is 20.4 Å². The lowest BCUT2D eigenvalue weighted by Gasteiger charge is -2.15. The van der Waals surface area contributed by atoms with E-state index < -0.39 is 0 Å². The highest BCUT2D eigenvalue weighted by molar-refractivity contribution is 5.27. The van der Waals surface area contributed by atoms with E-state index in [1.54, 1.807) is 18.6 Å². The minimum absolute atomic E-state index is 0.130. The van der Waals surface area contributed by atoms with Gasteiger partial charge in [0.1, 0.15) is 6.33 Å². The fourth-order valence-electron chi connectivity index (χ4n) is 1.49. The molecule has 2 aromatic heterocycles. The van der Waals surface area contributed by atoms with Gasteiger partial charge in [-0.2, -0.15) is 0 Å². The summed E-state index contributed by atoms with van der Waals surface area (Å²) in [5.41, 5.74) is 5.61. The standard InChI is InChI=1S/C11H13N5/c1-8-2-3-9(6-15-8)11(16-12)10-4-13-7-14-5-10/h2-7,11,16H,12H2,1H3. The van der Waals surface area contributed by atoms with Gasteiger partial charge in [-0.3, -0.25) is 10.8 Å². The third-order valence-corrected chi connectivity index (χ3v) is 2.35. The number of hydrogen-bond acceptors (Lipinski definition) is 5. The van der Waals surface area contributed by atoms with Crippen molar-refractivity contribution in [3.05, 3.63) is 53.9 Å². The number of nitrogens with two attached hydrogens (primary N) is 1. The van der Waals surface area contributed by atoms with Gasteiger partial charge in [0.25, 0.3) is 0 Å². The van der Waals surface area contributed by atoms with Crippen molar-refractivity contribution >= 4 is 0 Å². The highest BCUT2D eigenvalue weighted by Gasteiger charge is 2.12. The quantitative estimate of drug-likeness (QED) is 0.583. The molecule has 0 saturated carbocycles. The first-order valence-corrected chi connectivity index (χ1v) is 4.95. The maximum atomic E-state index is 5.54. The molecule has 1 atom stereocenters. The molecule has 2 aromatic rings. The molecule has 1 unspecified atom stereocenters. The van der Waals surface area contributed by atoms with Crippen LogP contribution in [0.2, 0.25) is 0 Å². The van der Waals surface area contributed by atoms with E-state index in [1.807, 2.05) is 19.1 Å². The fraction of sp³-hybridized carbons (Fsp3) is 0.182. The molecule has 5 nitrogen and oxygen atoms in total. The monoisotopic (exact) mass is 215 g/mol. The van der Waals surface area contributed by atoms with E-state index in [0.717, 1.165) is 16.8 Å². The third kappa shape index (κ3) is 2.21. The molecular weight excluding hydrogens is 202 g/mol. The van der Waals surface area contributed by atoms with Crippen molar-refractivity contribution in [3.8, 4) is 0 Å². The van der Waals surface area contributed by atoms with Crippen LogP contribution in [0.5, 0.6) is 0 Å². The summed E-state index contributed by atoms with van der Waals surface area (Å²) < 4.78 is 0. The summed E-state index contributed by atoms with van der Waals surface area (Å²) in [5, 5.41) is 0. The lowest BCUT2D eigenvalue weighted by atomic mass is 10.0. The van der Waals surface area contributed by atoms with Crippen LogP contribution in [0.3, 0.4) is 0 Å². The second-order valence-corrected chi connectivity index (χ2v) is 3.50. The van der Waals surface area contributed by atoms with Crippen molar-refractivity contribution in [2.24, 2.45) is 5.84 Å². The van der Waals surface area contributed by atoms with Gasteiger partial charge in [-0.15, -0.1) is 0 Å². The van der Waals surface area contributed by atoms with Gasteiger partial charge in [0.2, 0.25) is 0 Å². The molecule has 3 N–H and O–H groups in total. The van der Waals surface area contributed by atoms with E-state index >= 15 is 0 Å². The highest BCUT2D eigenvalue weighted by Crippen LogP contribution is 2.18. The Kier molecular flexibility index (Phi) is 3.19. The van der Waals surface area contributed by atoms with Crippen LogP contribution in [-0.4, -0.2) is 15.0 Å². The molecule has 0 aromatic carbocycles. The molecule has 0 saturated heterocycles. The van der Waals surface area contributed by atoms with E-state index in [2.05, 4.69) is 20.4 Å². The largest absolute Gasteiger partial charge is 0.271 e. The first-order valence-electron chi connectivity index (χ1n) is 4.95. The minimum Gasteiger partial charge on any atom is -0.271 e. The number of pyridine rings is 1. The van der Waals surface area contributed by atoms with Crippen molar-refractivity contribution in [3.63, 3.8) is 0 Å². The van der Waals surface area contributed by atoms with Gasteiger partial charge in [0, 0.05) is 29.8 Å². The number of aryl methyl sites for hydroxylation is 1. The topological polar surface area (TPSA) is 76.7 Å². The Morgan fingerprint density at radius 2 is 1.88 bits per heavy atom. The van der Waals surface area contributed by atoms with Gasteiger partial charge < -0.3 is 0 Å². The van der Waals surface area contributed by atoms with Crippen LogP contribution < -0.4 is 11.3 Å². The van der Waals surface area contributed by atoms with Gasteiger partial charge in [0.05, 0.1) is 6.04 Å². The van der Waals surface area contributed by atoms with Crippen LogP contribution in [0.25, 0.3) is 0 Å². The van der Waals surface area contributed by atoms with Crippen molar-refractivity contribution in [1.29, 1.82) is 0 Å². The van der Waals surface area contributed by atoms with E-state index in [0.29, 0.717) is 0 Å². The van der Waals surface area contributed by atoms with Crippen LogP contribution in [0, 0.1) is 6.92 Å². The zero-order chi connectivity index (χ0) is 11.4. The van der Waals surface area contributed by atoms with Gasteiger partial charge in [-0.05, 0) is 18.6 Å². The average molecular weight is 215 g/mol. The Morgan fingerprint density at radius 1 is 1.12 bits per heavy atom. The van der Waals surface area contributed by atoms with Gasteiger partial charge in [-0.25, -0.2) is 15.4 Å². The maximum absolute atomic E-state index is 5.54. The van der Waals surface area contributed by atoms with Crippen LogP contribution >= 0.6 is 0 Å². The van der Waals surface area contributed by atoms with Gasteiger partial charge in [0.15, 0.2) is 0 Å². The number of aromatic nitrogens is 3. The molecule has 0 spiro atoms. The molecule has 5 heteroatoms. The first kappa shape index (κ1) is 10.7. The lowest BCUT2D eigenvalue weighted by Crippen LogP contribution is -2.29. The molecule has 2 heterocycles. The van der Waals surface area contributed by atoms with E-state index in [9.17, 15) is 0 Å². The SMILES string of the molecule is Cc1ccc(C(NN)c2cncnc2)cn1. The van der Waals surface area contributed by atoms with Crippen LogP contribution in [0.4, 0.5) is 0 Å². The zero-order valence-corrected chi connectivity index (χ0v) is 8.96. The van der Waals surface area contributed by atoms with Crippen LogP contribution in [0.1, 0.15) is 22.9 Å². The Bertz CT molecular complexity index is 440. The van der Waals surface area contributed by atoms with Crippen LogP contribution in [0.15, 0.2) is 37.1 Å². The summed E-state index contributed by atoms with van der Waals surface area (Å²) >= 11 is 0. The minimum atomic E-state index is -0.130. The first-order chi connectivity index (χ1) is 7.81. The van der Waals surface area contributed by atoms with Crippen molar-refractivity contribution < 1.29 is 0 Å². The summed E-state index contributed by atoms with van der Waals surface area (Å²) in [6.07, 6.45) is 6.76. The summed E-state index contributed by atoms with van der Waals surface area (Å²) in [4.78, 5) is 12.2. The second kappa shape index (κ2) is 4.78. The molecule has 2 rings (SSSR count). The molecule has 16 heavy (non-hydrogen) atoms. The molecule has 82 valence electrons. The zero-order valence-electron chi connectivity index (χ0n) is 8.96. The molecule has 0 aliphatic carbocycles. The van der Waals surface area contributed by atoms with E-state index in [4.69, 9.17) is 5.84 Å². The number of nitrogens with zero attached hydrogens (tertiary/aromatic N) is 3. The molecule has 0 radical (unpaired) electrons. The Labute approximate surface area is 93.7 Å². The summed E-state index contributed by atoms with van der Waals surface area (Å²) in [6, 6.07) is 3.80. The van der Waals surface area contributed by atoms with Crippen molar-refractivity contribution in [2.45, 2.75) is 13.0 Å². The fourth-order valence-corrected chi connectivity index (χ4v) is 1.49. The molecule has 0 aliphatic heterocycles. The summed E-state index contributed by atoms with van der Waals surface area (Å²) in [5.74, 6) is 5.54. The molecular formula is C11H13N5. The maximum Gasteiger partial charge on any atom is 0.115 e. The second-order valence-electron chi connectivity index (χ2n) is 3.50. The van der Waals surface area contributed by atoms with Gasteiger partial charge >= 0.3 is 0 Å². The summed E-state index contributed by atoms with van der Waals surface area (Å²) in [7, 11) is 0. The number of rotatable bonds is 3. The predicted octanol–water partition coefficient (Wildman–Crippen LogP) is 0.733. The Hall–Kier alpha value is -1.85. The number of hydrazine groups is 1. The normalized spacial score (nSPS) is 12.4. The summed E-state index contributed by atoms with van der Waals surface area (Å²) in [6.45, 7) is 1.94. The number of hydrogen-bond donors (Lipinski definition) is 2. The Morgan fingerprint density at radius 3 is 2.44 bits per heavy atom. The predicted molar refractivity (Wildman–Crippen MR) is 60.2 cm³/mol. The average Bonchev–Trinajstić information content (AvgIpc) is 2.34. The molecule has 0 aliphatic rings. The molecule has 0 bridgehead atoms. The van der Waals surface area contributed by atoms with E-state index in [1.165, 1.54) is 6.33 Å². The smallest absolute Gasteiger partial charge is 0.115 e. The van der Waals surface area contributed by atoms with Crippen molar-refractivity contribution in [2.75, 3.05) is 0 Å². The van der Waals surface area contributed by atoms with Crippen LogP contribution in [-0.2, 0) is 0 Å². The molecule has 0 fully saturated rings. The van der Waals surface area contributed by atoms with E-state index in [-0.39, 0.29) is 6.04 Å². The molecule has 0 amide bonds. The highest BCUT2D eigenvalue weighted by atomic mass is 15.2.